The number of hydrogen-bond donors (Lipinski definition) is 1. The number of benzene rings is 1. The Hall–Kier alpha value is -1.35. The summed E-state index contributed by atoms with van der Waals surface area (Å²) in [6.45, 7) is 3.43. The summed E-state index contributed by atoms with van der Waals surface area (Å²) in [5.41, 5.74) is 7.88. The zero-order chi connectivity index (χ0) is 15.1. The molecule has 1 saturated carbocycles. The van der Waals surface area contributed by atoms with Crippen LogP contribution >= 0.6 is 0 Å². The third-order valence-electron chi connectivity index (χ3n) is 4.46. The molecule has 1 aliphatic carbocycles. The van der Waals surface area contributed by atoms with Crippen molar-refractivity contribution in [2.45, 2.75) is 51.9 Å². The molecule has 0 heterocycles. The molecule has 21 heavy (non-hydrogen) atoms. The molecule has 0 radical (unpaired) electrons. The topological polar surface area (TPSA) is 46.3 Å². The predicted molar refractivity (Wildman–Crippen MR) is 88.4 cm³/mol. The van der Waals surface area contributed by atoms with Crippen molar-refractivity contribution in [1.82, 2.24) is 0 Å². The van der Waals surface area contributed by atoms with Gasteiger partial charge in [0.2, 0.25) is 5.91 Å². The van der Waals surface area contributed by atoms with Crippen LogP contribution < -0.4 is 10.6 Å². The minimum absolute atomic E-state index is 0.199. The molecular formula is C18H28N2O. The van der Waals surface area contributed by atoms with Crippen molar-refractivity contribution in [3.05, 3.63) is 29.8 Å². The molecule has 1 fully saturated rings. The van der Waals surface area contributed by atoms with Crippen LogP contribution in [0.15, 0.2) is 24.3 Å². The molecule has 3 heteroatoms. The first-order valence-electron chi connectivity index (χ1n) is 8.31. The highest BCUT2D eigenvalue weighted by atomic mass is 16.2. The summed E-state index contributed by atoms with van der Waals surface area (Å²) in [6.07, 6.45) is 7.87. The lowest BCUT2D eigenvalue weighted by molar-refractivity contribution is -0.122. The number of carbonyl (C=O) groups excluding carboxylic acids is 1. The number of aryl methyl sites for hydroxylation is 1. The first kappa shape index (κ1) is 16.0. The van der Waals surface area contributed by atoms with E-state index in [0.717, 1.165) is 37.1 Å². The van der Waals surface area contributed by atoms with Gasteiger partial charge in [-0.2, -0.15) is 0 Å². The van der Waals surface area contributed by atoms with Crippen molar-refractivity contribution < 1.29 is 4.79 Å². The van der Waals surface area contributed by atoms with Crippen LogP contribution in [0.4, 0.5) is 5.69 Å². The van der Waals surface area contributed by atoms with Gasteiger partial charge in [-0.25, -0.2) is 0 Å². The SMILES string of the molecule is Cc1ccccc1N(CCCN)C(=O)C1CCCCCC1. The highest BCUT2D eigenvalue weighted by Crippen LogP contribution is 2.28. The van der Waals surface area contributed by atoms with Crippen molar-refractivity contribution in [2.75, 3.05) is 18.0 Å². The fraction of sp³-hybridized carbons (Fsp3) is 0.611. The number of para-hydroxylation sites is 1. The van der Waals surface area contributed by atoms with E-state index in [0.29, 0.717) is 12.5 Å². The van der Waals surface area contributed by atoms with Gasteiger partial charge < -0.3 is 10.6 Å². The second kappa shape index (κ2) is 8.18. The van der Waals surface area contributed by atoms with Crippen molar-refractivity contribution in [3.63, 3.8) is 0 Å². The maximum Gasteiger partial charge on any atom is 0.230 e. The normalized spacial score (nSPS) is 16.5. The van der Waals surface area contributed by atoms with Gasteiger partial charge >= 0.3 is 0 Å². The number of rotatable bonds is 5. The van der Waals surface area contributed by atoms with E-state index in [1.807, 2.05) is 17.0 Å². The van der Waals surface area contributed by atoms with E-state index in [2.05, 4.69) is 19.1 Å². The Morgan fingerprint density at radius 3 is 2.48 bits per heavy atom. The Morgan fingerprint density at radius 1 is 1.19 bits per heavy atom. The molecule has 0 bridgehead atoms. The maximum absolute atomic E-state index is 13.0. The summed E-state index contributed by atoms with van der Waals surface area (Å²) in [5.74, 6) is 0.504. The monoisotopic (exact) mass is 288 g/mol. The first-order valence-corrected chi connectivity index (χ1v) is 8.31. The largest absolute Gasteiger partial charge is 0.330 e. The number of anilines is 1. The standard InChI is InChI=1S/C18H28N2O/c1-15-9-6-7-12-17(15)20(14-8-13-19)18(21)16-10-4-2-3-5-11-16/h6-7,9,12,16H,2-5,8,10-11,13-14,19H2,1H3. The Balaban J connectivity index is 2.18. The predicted octanol–water partition coefficient (Wildman–Crippen LogP) is 3.65. The molecule has 3 nitrogen and oxygen atoms in total. The quantitative estimate of drug-likeness (QED) is 0.841. The van der Waals surface area contributed by atoms with Crippen LogP contribution in [0.1, 0.15) is 50.5 Å². The second-order valence-electron chi connectivity index (χ2n) is 6.11. The molecule has 0 atom stereocenters. The van der Waals surface area contributed by atoms with Crippen LogP contribution in [-0.4, -0.2) is 19.0 Å². The fourth-order valence-electron chi connectivity index (χ4n) is 3.21. The second-order valence-corrected chi connectivity index (χ2v) is 6.11. The Kier molecular flexibility index (Phi) is 6.24. The van der Waals surface area contributed by atoms with Gasteiger partial charge in [0.15, 0.2) is 0 Å². The number of hydrogen-bond acceptors (Lipinski definition) is 2. The van der Waals surface area contributed by atoms with Gasteiger partial charge in [-0.3, -0.25) is 4.79 Å². The molecule has 0 spiro atoms. The van der Waals surface area contributed by atoms with E-state index in [1.54, 1.807) is 0 Å². The Labute approximate surface area is 128 Å². The van der Waals surface area contributed by atoms with Crippen molar-refractivity contribution in [3.8, 4) is 0 Å². The van der Waals surface area contributed by atoms with Crippen LogP contribution in [0.3, 0.4) is 0 Å². The van der Waals surface area contributed by atoms with Gasteiger partial charge in [0.1, 0.15) is 0 Å². The Bertz CT molecular complexity index is 450. The zero-order valence-electron chi connectivity index (χ0n) is 13.2. The van der Waals surface area contributed by atoms with E-state index in [4.69, 9.17) is 5.73 Å². The van der Waals surface area contributed by atoms with E-state index in [-0.39, 0.29) is 5.92 Å². The average molecular weight is 288 g/mol. The van der Waals surface area contributed by atoms with Crippen LogP contribution in [0.25, 0.3) is 0 Å². The highest BCUT2D eigenvalue weighted by molar-refractivity contribution is 5.95. The lowest BCUT2D eigenvalue weighted by atomic mass is 9.98. The van der Waals surface area contributed by atoms with Crippen LogP contribution in [0, 0.1) is 12.8 Å². The molecule has 116 valence electrons. The minimum atomic E-state index is 0.199. The molecule has 1 aliphatic rings. The third kappa shape index (κ3) is 4.31. The molecule has 0 aromatic heterocycles. The van der Waals surface area contributed by atoms with Gasteiger partial charge in [-0.15, -0.1) is 0 Å². The first-order chi connectivity index (χ1) is 10.2. The number of amides is 1. The van der Waals surface area contributed by atoms with Crippen LogP contribution in [0.2, 0.25) is 0 Å². The average Bonchev–Trinajstić information content (AvgIpc) is 2.78. The summed E-state index contributed by atoms with van der Waals surface area (Å²) >= 11 is 0. The lowest BCUT2D eigenvalue weighted by Crippen LogP contribution is -2.38. The third-order valence-corrected chi connectivity index (χ3v) is 4.46. The van der Waals surface area contributed by atoms with Gasteiger partial charge in [0, 0.05) is 18.2 Å². The van der Waals surface area contributed by atoms with E-state index in [1.165, 1.54) is 25.7 Å². The van der Waals surface area contributed by atoms with Crippen LogP contribution in [0.5, 0.6) is 0 Å². The molecular weight excluding hydrogens is 260 g/mol. The molecule has 0 aliphatic heterocycles. The molecule has 2 rings (SSSR count). The molecule has 2 N–H and O–H groups in total. The van der Waals surface area contributed by atoms with E-state index in [9.17, 15) is 4.79 Å². The Morgan fingerprint density at radius 2 is 1.86 bits per heavy atom. The summed E-state index contributed by atoms with van der Waals surface area (Å²) in [6, 6.07) is 8.17. The summed E-state index contributed by atoms with van der Waals surface area (Å²) < 4.78 is 0. The summed E-state index contributed by atoms with van der Waals surface area (Å²) in [4.78, 5) is 15.0. The fourth-order valence-corrected chi connectivity index (χ4v) is 3.21. The van der Waals surface area contributed by atoms with Gasteiger partial charge in [-0.1, -0.05) is 43.9 Å². The minimum Gasteiger partial charge on any atom is -0.330 e. The van der Waals surface area contributed by atoms with Gasteiger partial charge in [0.25, 0.3) is 0 Å². The molecule has 0 unspecified atom stereocenters. The van der Waals surface area contributed by atoms with E-state index < -0.39 is 0 Å². The smallest absolute Gasteiger partial charge is 0.230 e. The number of nitrogens with zero attached hydrogens (tertiary/aromatic N) is 1. The molecule has 1 aromatic carbocycles. The zero-order valence-corrected chi connectivity index (χ0v) is 13.2. The number of nitrogens with two attached hydrogens (primary N) is 1. The molecule has 1 amide bonds. The van der Waals surface area contributed by atoms with Gasteiger partial charge in [0.05, 0.1) is 0 Å². The lowest BCUT2D eigenvalue weighted by Gasteiger charge is -2.28. The highest BCUT2D eigenvalue weighted by Gasteiger charge is 2.26. The summed E-state index contributed by atoms with van der Waals surface area (Å²) in [7, 11) is 0. The number of carbonyl (C=O) groups is 1. The van der Waals surface area contributed by atoms with Crippen LogP contribution in [-0.2, 0) is 4.79 Å². The van der Waals surface area contributed by atoms with Crippen molar-refractivity contribution in [1.29, 1.82) is 0 Å². The molecule has 0 saturated heterocycles. The van der Waals surface area contributed by atoms with Crippen molar-refractivity contribution in [2.24, 2.45) is 11.7 Å². The molecule has 1 aromatic rings. The van der Waals surface area contributed by atoms with Crippen molar-refractivity contribution >= 4 is 11.6 Å². The van der Waals surface area contributed by atoms with Gasteiger partial charge in [-0.05, 0) is 44.4 Å². The van der Waals surface area contributed by atoms with E-state index >= 15 is 0 Å². The maximum atomic E-state index is 13.0. The summed E-state index contributed by atoms with van der Waals surface area (Å²) in [5, 5.41) is 0.